The van der Waals surface area contributed by atoms with E-state index in [4.69, 9.17) is 4.74 Å². The summed E-state index contributed by atoms with van der Waals surface area (Å²) in [6.45, 7) is 8.72. The van der Waals surface area contributed by atoms with Gasteiger partial charge in [-0.1, -0.05) is 32.9 Å². The minimum atomic E-state index is -1.75. The number of hydrogen-bond donors (Lipinski definition) is 3. The molecule has 0 spiro atoms. The van der Waals surface area contributed by atoms with Gasteiger partial charge >= 0.3 is 5.97 Å². The molecule has 4 aliphatic carbocycles. The summed E-state index contributed by atoms with van der Waals surface area (Å²) in [5, 5.41) is 33.4. The molecule has 0 aromatic rings. The molecule has 0 aliphatic heterocycles. The molecule has 2 unspecified atom stereocenters. The fraction of sp³-hybridized carbons (Fsp3) is 0.727. The summed E-state index contributed by atoms with van der Waals surface area (Å²) in [6.07, 6.45) is 4.00. The third-order valence-electron chi connectivity index (χ3n) is 8.20. The number of rotatable bonds is 2. The van der Waals surface area contributed by atoms with Gasteiger partial charge in [-0.05, 0) is 30.4 Å². The fourth-order valence-electron chi connectivity index (χ4n) is 6.85. The van der Waals surface area contributed by atoms with Crippen molar-refractivity contribution in [1.82, 2.24) is 0 Å². The highest BCUT2D eigenvalue weighted by Gasteiger charge is 2.83. The lowest BCUT2D eigenvalue weighted by Crippen LogP contribution is -2.61. The third kappa shape index (κ3) is 2.09. The van der Waals surface area contributed by atoms with Crippen molar-refractivity contribution in [3.8, 4) is 0 Å². The number of hydrogen-bond acceptors (Lipinski definition) is 6. The highest BCUT2D eigenvalue weighted by Crippen LogP contribution is 2.76. The van der Waals surface area contributed by atoms with Gasteiger partial charge in [-0.15, -0.1) is 0 Å². The molecule has 154 valence electrons. The fourth-order valence-corrected chi connectivity index (χ4v) is 6.85. The van der Waals surface area contributed by atoms with Gasteiger partial charge in [0.25, 0.3) is 0 Å². The lowest BCUT2D eigenvalue weighted by molar-refractivity contribution is -0.186. The molecule has 0 bridgehead atoms. The Morgan fingerprint density at radius 2 is 1.93 bits per heavy atom. The van der Waals surface area contributed by atoms with Crippen LogP contribution in [-0.4, -0.2) is 50.5 Å². The van der Waals surface area contributed by atoms with Crippen LogP contribution in [0.25, 0.3) is 0 Å². The number of esters is 1. The number of carbonyl (C=O) groups excluding carboxylic acids is 2. The van der Waals surface area contributed by atoms with Crippen LogP contribution in [0, 0.1) is 29.1 Å². The van der Waals surface area contributed by atoms with Gasteiger partial charge in [-0.3, -0.25) is 9.59 Å². The summed E-state index contributed by atoms with van der Waals surface area (Å²) < 4.78 is 5.83. The van der Waals surface area contributed by atoms with Gasteiger partial charge in [0.15, 0.2) is 5.78 Å². The van der Waals surface area contributed by atoms with Gasteiger partial charge in [0.05, 0.1) is 12.2 Å². The zero-order valence-corrected chi connectivity index (χ0v) is 17.2. The van der Waals surface area contributed by atoms with Crippen molar-refractivity contribution in [1.29, 1.82) is 0 Å². The van der Waals surface area contributed by atoms with E-state index in [1.54, 1.807) is 13.0 Å². The number of Topliss-reactive ketones (excluding diaryl/α,β-unsaturated/α-hetero) is 1. The van der Waals surface area contributed by atoms with Gasteiger partial charge in [-0.25, -0.2) is 0 Å². The van der Waals surface area contributed by atoms with Crippen LogP contribution in [-0.2, 0) is 14.3 Å². The van der Waals surface area contributed by atoms with Gasteiger partial charge in [0.1, 0.15) is 11.2 Å². The van der Waals surface area contributed by atoms with Crippen LogP contribution in [0.1, 0.15) is 47.5 Å². The van der Waals surface area contributed by atoms with Crippen molar-refractivity contribution in [2.24, 2.45) is 29.1 Å². The zero-order chi connectivity index (χ0) is 20.9. The van der Waals surface area contributed by atoms with E-state index in [1.807, 2.05) is 26.8 Å². The maximum atomic E-state index is 12.8. The van der Waals surface area contributed by atoms with Crippen molar-refractivity contribution in [2.45, 2.75) is 64.3 Å². The van der Waals surface area contributed by atoms with Crippen LogP contribution in [0.4, 0.5) is 0 Å². The molecule has 4 rings (SSSR count). The summed E-state index contributed by atoms with van der Waals surface area (Å²) in [5.74, 6) is -2.42. The van der Waals surface area contributed by atoms with Crippen LogP contribution in [0.3, 0.4) is 0 Å². The molecule has 28 heavy (non-hydrogen) atoms. The smallest absolute Gasteiger partial charge is 0.303 e. The molecule has 7 atom stereocenters. The maximum absolute atomic E-state index is 12.8. The molecule has 6 heteroatoms. The molecule has 0 heterocycles. The van der Waals surface area contributed by atoms with Crippen LogP contribution in [0.15, 0.2) is 23.3 Å². The predicted molar refractivity (Wildman–Crippen MR) is 101 cm³/mol. The molecule has 6 nitrogen and oxygen atoms in total. The first-order chi connectivity index (χ1) is 12.9. The molecule has 2 saturated carbocycles. The summed E-state index contributed by atoms with van der Waals surface area (Å²) in [5.41, 5.74) is -3.19. The Bertz CT molecular complexity index is 825. The second kappa shape index (κ2) is 5.55. The van der Waals surface area contributed by atoms with Gasteiger partial charge in [0.2, 0.25) is 0 Å². The Labute approximate surface area is 165 Å². The Kier molecular flexibility index (Phi) is 3.93. The van der Waals surface area contributed by atoms with E-state index < -0.39 is 28.6 Å². The second-order valence-corrected chi connectivity index (χ2v) is 9.94. The molecule has 0 radical (unpaired) electrons. The van der Waals surface area contributed by atoms with Crippen LogP contribution < -0.4 is 0 Å². The highest BCUT2D eigenvalue weighted by atomic mass is 16.6. The van der Waals surface area contributed by atoms with Gasteiger partial charge in [-0.2, -0.15) is 0 Å². The molecular formula is C22H30O6. The third-order valence-corrected chi connectivity index (χ3v) is 8.20. The molecule has 0 amide bonds. The first-order valence-corrected chi connectivity index (χ1v) is 10.0. The minimum absolute atomic E-state index is 0.0000834. The second-order valence-electron chi connectivity index (χ2n) is 9.94. The zero-order valence-electron chi connectivity index (χ0n) is 17.2. The molecule has 2 fully saturated rings. The number of aliphatic hydroxyl groups is 3. The largest absolute Gasteiger partial charge is 0.458 e. The van der Waals surface area contributed by atoms with E-state index in [9.17, 15) is 24.9 Å². The molecule has 0 saturated heterocycles. The average molecular weight is 390 g/mol. The SMILES string of the molecule is CC(=O)O[C@@]12C[C@@H](C)C3(O)C4C=C(C)C(=O)[C@@]4(O)CC(CO)=C[C@H]3[C@H]1C2(C)C. The van der Waals surface area contributed by atoms with Crippen LogP contribution in [0.2, 0.25) is 0 Å². The van der Waals surface area contributed by atoms with Gasteiger partial charge < -0.3 is 20.1 Å². The molecular weight excluding hydrogens is 360 g/mol. The minimum Gasteiger partial charge on any atom is -0.458 e. The van der Waals surface area contributed by atoms with Crippen LogP contribution in [0.5, 0.6) is 0 Å². The quantitative estimate of drug-likeness (QED) is 0.488. The number of ketones is 1. The molecule has 4 aliphatic rings. The van der Waals surface area contributed by atoms with E-state index in [-0.39, 0.29) is 42.0 Å². The number of ether oxygens (including phenoxy) is 1. The van der Waals surface area contributed by atoms with E-state index >= 15 is 0 Å². The maximum Gasteiger partial charge on any atom is 0.303 e. The Balaban J connectivity index is 1.90. The van der Waals surface area contributed by atoms with E-state index in [1.165, 1.54) is 6.92 Å². The molecule has 0 aromatic carbocycles. The highest BCUT2D eigenvalue weighted by molar-refractivity contribution is 6.04. The molecule has 0 aromatic heterocycles. The van der Waals surface area contributed by atoms with Crippen molar-refractivity contribution in [3.63, 3.8) is 0 Å². The Hall–Kier alpha value is -1.50. The van der Waals surface area contributed by atoms with Gasteiger partial charge in [0, 0.05) is 36.5 Å². The van der Waals surface area contributed by atoms with Crippen molar-refractivity contribution in [2.75, 3.05) is 6.61 Å². The first-order valence-electron chi connectivity index (χ1n) is 10.0. The normalized spacial score (nSPS) is 48.5. The summed E-state index contributed by atoms with van der Waals surface area (Å²) in [7, 11) is 0. The summed E-state index contributed by atoms with van der Waals surface area (Å²) in [6, 6.07) is 0. The van der Waals surface area contributed by atoms with Crippen molar-refractivity contribution in [3.05, 3.63) is 23.3 Å². The predicted octanol–water partition coefficient (Wildman–Crippen LogP) is 1.53. The number of aliphatic hydroxyl groups excluding tert-OH is 1. The standard InChI is InChI=1S/C22H30O6/c1-11-6-16-20(26,18(11)25)9-14(10-23)7-15-17-19(4,5)21(17,28-13(3)24)8-12(2)22(15,16)27/h6-7,12,15-17,23,26-27H,8-10H2,1-5H3/t12-,15+,16?,17+,20-,21+,22?/m1/s1. The summed E-state index contributed by atoms with van der Waals surface area (Å²) >= 11 is 0. The molecule has 3 N–H and O–H groups in total. The topological polar surface area (TPSA) is 104 Å². The van der Waals surface area contributed by atoms with E-state index in [0.29, 0.717) is 17.6 Å². The lowest BCUT2D eigenvalue weighted by atomic mass is 9.60. The van der Waals surface area contributed by atoms with E-state index in [2.05, 4.69) is 0 Å². The monoisotopic (exact) mass is 390 g/mol. The van der Waals surface area contributed by atoms with Crippen molar-refractivity contribution >= 4 is 11.8 Å². The van der Waals surface area contributed by atoms with E-state index in [0.717, 1.165) is 0 Å². The lowest BCUT2D eigenvalue weighted by Gasteiger charge is -2.50. The number of carbonyl (C=O) groups is 2. The summed E-state index contributed by atoms with van der Waals surface area (Å²) in [4.78, 5) is 24.7. The average Bonchev–Trinajstić information content (AvgIpc) is 2.99. The Morgan fingerprint density at radius 3 is 2.50 bits per heavy atom. The first kappa shape index (κ1) is 19.8. The number of fused-ring (bicyclic) bond motifs is 5. The Morgan fingerprint density at radius 1 is 1.29 bits per heavy atom. The van der Waals surface area contributed by atoms with Crippen molar-refractivity contribution < 1.29 is 29.6 Å². The van der Waals surface area contributed by atoms with Crippen LogP contribution >= 0.6 is 0 Å².